The summed E-state index contributed by atoms with van der Waals surface area (Å²) in [7, 11) is 3.16. The first-order chi connectivity index (χ1) is 12.6. The smallest absolute Gasteiger partial charge is 0.249 e. The Balaban J connectivity index is 1.83. The van der Waals surface area contributed by atoms with Crippen molar-refractivity contribution >= 4 is 46.3 Å². The van der Waals surface area contributed by atoms with Gasteiger partial charge >= 0.3 is 0 Å². The van der Waals surface area contributed by atoms with E-state index in [9.17, 15) is 0 Å². The maximum atomic E-state index is 6.18. The van der Waals surface area contributed by atoms with Crippen LogP contribution in [-0.4, -0.2) is 29.4 Å². The Morgan fingerprint density at radius 1 is 0.962 bits per heavy atom. The highest BCUT2D eigenvalue weighted by Crippen LogP contribution is 2.32. The van der Waals surface area contributed by atoms with E-state index in [1.807, 2.05) is 0 Å². The van der Waals surface area contributed by atoms with Gasteiger partial charge in [0.1, 0.15) is 11.5 Å². The Kier molecular flexibility index (Phi) is 5.60. The van der Waals surface area contributed by atoms with Crippen molar-refractivity contribution in [2.45, 2.75) is 0 Å². The summed E-state index contributed by atoms with van der Waals surface area (Å²) < 4.78 is 10.5. The Labute approximate surface area is 160 Å². The lowest BCUT2D eigenvalue weighted by atomic mass is 10.2. The third-order valence-electron chi connectivity index (χ3n) is 3.43. The molecule has 2 N–H and O–H groups in total. The summed E-state index contributed by atoms with van der Waals surface area (Å²) in [4.78, 5) is 4.37. The number of rotatable bonds is 6. The largest absolute Gasteiger partial charge is 0.497 e. The molecule has 9 heteroatoms. The van der Waals surface area contributed by atoms with E-state index in [1.54, 1.807) is 50.6 Å². The molecule has 0 bridgehead atoms. The van der Waals surface area contributed by atoms with Crippen LogP contribution < -0.4 is 20.1 Å². The third-order valence-corrected chi connectivity index (χ3v) is 4.25. The lowest BCUT2D eigenvalue weighted by Crippen LogP contribution is -2.03. The zero-order chi connectivity index (χ0) is 18.5. The Morgan fingerprint density at radius 2 is 1.81 bits per heavy atom. The molecule has 0 unspecified atom stereocenters. The number of methoxy groups -OCH3 is 2. The minimum absolute atomic E-state index is 0.289. The van der Waals surface area contributed by atoms with Crippen molar-refractivity contribution in [2.75, 3.05) is 24.9 Å². The van der Waals surface area contributed by atoms with Gasteiger partial charge in [-0.15, -0.1) is 5.10 Å². The van der Waals surface area contributed by atoms with E-state index >= 15 is 0 Å². The van der Waals surface area contributed by atoms with Crippen LogP contribution in [0.25, 0.3) is 0 Å². The molecule has 0 amide bonds. The van der Waals surface area contributed by atoms with Crippen LogP contribution in [0.2, 0.25) is 10.0 Å². The summed E-state index contributed by atoms with van der Waals surface area (Å²) in [6, 6.07) is 10.6. The minimum atomic E-state index is 0.289. The minimum Gasteiger partial charge on any atom is -0.497 e. The van der Waals surface area contributed by atoms with E-state index in [4.69, 9.17) is 32.7 Å². The van der Waals surface area contributed by atoms with Crippen LogP contribution in [0.15, 0.2) is 42.6 Å². The molecule has 1 heterocycles. The summed E-state index contributed by atoms with van der Waals surface area (Å²) in [6.07, 6.45) is 1.48. The number of aromatic nitrogens is 3. The highest BCUT2D eigenvalue weighted by atomic mass is 35.5. The van der Waals surface area contributed by atoms with Gasteiger partial charge in [0.25, 0.3) is 0 Å². The second-order valence-electron chi connectivity index (χ2n) is 5.08. The van der Waals surface area contributed by atoms with Crippen LogP contribution in [0.3, 0.4) is 0 Å². The van der Waals surface area contributed by atoms with Crippen LogP contribution >= 0.6 is 23.2 Å². The molecule has 2 aromatic carbocycles. The van der Waals surface area contributed by atoms with Gasteiger partial charge in [0.2, 0.25) is 5.95 Å². The average Bonchev–Trinajstić information content (AvgIpc) is 2.66. The van der Waals surface area contributed by atoms with Crippen LogP contribution in [0.1, 0.15) is 0 Å². The van der Waals surface area contributed by atoms with Gasteiger partial charge in [-0.3, -0.25) is 0 Å². The normalized spacial score (nSPS) is 10.3. The van der Waals surface area contributed by atoms with Crippen LogP contribution in [0.5, 0.6) is 11.5 Å². The first-order valence-electron chi connectivity index (χ1n) is 7.50. The molecule has 0 atom stereocenters. The van der Waals surface area contributed by atoms with Crippen molar-refractivity contribution in [3.63, 3.8) is 0 Å². The van der Waals surface area contributed by atoms with Crippen molar-refractivity contribution < 1.29 is 9.47 Å². The van der Waals surface area contributed by atoms with E-state index in [0.29, 0.717) is 38.7 Å². The molecule has 0 saturated heterocycles. The molecule has 3 aromatic rings. The average molecular weight is 392 g/mol. The molecule has 26 heavy (non-hydrogen) atoms. The molecule has 1 aromatic heterocycles. The standard InChI is InChI=1S/C17H15Cl2N5O2/c1-25-10-6-7-12(14(8-10)26-2)22-17-23-15(9-20-24-17)21-13-5-3-4-11(18)16(13)19/h3-9H,1-2H3,(H2,21,22,23,24). The van der Waals surface area contributed by atoms with Crippen LogP contribution in [0.4, 0.5) is 23.1 Å². The zero-order valence-electron chi connectivity index (χ0n) is 14.0. The first kappa shape index (κ1) is 18.0. The van der Waals surface area contributed by atoms with Gasteiger partial charge in [0, 0.05) is 6.07 Å². The van der Waals surface area contributed by atoms with E-state index in [-0.39, 0.29) is 5.95 Å². The number of nitrogens with one attached hydrogen (secondary N) is 2. The predicted octanol–water partition coefficient (Wildman–Crippen LogP) is 4.68. The van der Waals surface area contributed by atoms with E-state index in [1.165, 1.54) is 6.20 Å². The summed E-state index contributed by atoms with van der Waals surface area (Å²) in [5, 5.41) is 14.9. The molecule has 3 rings (SSSR count). The molecule has 0 spiro atoms. The second kappa shape index (κ2) is 8.07. The molecule has 0 radical (unpaired) electrons. The highest BCUT2D eigenvalue weighted by molar-refractivity contribution is 6.43. The van der Waals surface area contributed by atoms with Gasteiger partial charge < -0.3 is 20.1 Å². The third kappa shape index (κ3) is 4.07. The van der Waals surface area contributed by atoms with E-state index < -0.39 is 0 Å². The number of ether oxygens (including phenoxy) is 2. The summed E-state index contributed by atoms with van der Waals surface area (Å²) in [6.45, 7) is 0. The van der Waals surface area contributed by atoms with Crippen LogP contribution in [0, 0.1) is 0 Å². The number of nitrogens with zero attached hydrogens (tertiary/aromatic N) is 3. The second-order valence-corrected chi connectivity index (χ2v) is 5.87. The van der Waals surface area contributed by atoms with Crippen molar-refractivity contribution in [2.24, 2.45) is 0 Å². The van der Waals surface area contributed by atoms with Gasteiger partial charge in [-0.25, -0.2) is 0 Å². The summed E-state index contributed by atoms with van der Waals surface area (Å²) in [5.74, 6) is 2.01. The van der Waals surface area contributed by atoms with Gasteiger partial charge in [0.15, 0.2) is 5.82 Å². The fourth-order valence-electron chi connectivity index (χ4n) is 2.18. The Morgan fingerprint density at radius 3 is 2.58 bits per heavy atom. The first-order valence-corrected chi connectivity index (χ1v) is 8.26. The van der Waals surface area contributed by atoms with E-state index in [0.717, 1.165) is 0 Å². The van der Waals surface area contributed by atoms with Gasteiger partial charge in [-0.1, -0.05) is 29.3 Å². The van der Waals surface area contributed by atoms with Crippen molar-refractivity contribution in [1.82, 2.24) is 15.2 Å². The van der Waals surface area contributed by atoms with Gasteiger partial charge in [-0.2, -0.15) is 10.1 Å². The molecular weight excluding hydrogens is 377 g/mol. The fourth-order valence-corrected chi connectivity index (χ4v) is 2.53. The zero-order valence-corrected chi connectivity index (χ0v) is 15.5. The number of benzene rings is 2. The molecular formula is C17H15Cl2N5O2. The summed E-state index contributed by atoms with van der Waals surface area (Å²) >= 11 is 12.2. The topological polar surface area (TPSA) is 81.2 Å². The molecule has 0 aliphatic heterocycles. The monoisotopic (exact) mass is 391 g/mol. The number of hydrogen-bond donors (Lipinski definition) is 2. The van der Waals surface area contributed by atoms with Crippen molar-refractivity contribution in [3.8, 4) is 11.5 Å². The maximum Gasteiger partial charge on any atom is 0.249 e. The van der Waals surface area contributed by atoms with E-state index in [2.05, 4.69) is 25.8 Å². The summed E-state index contributed by atoms with van der Waals surface area (Å²) in [5.41, 5.74) is 1.29. The SMILES string of the molecule is COc1ccc(Nc2nncc(Nc3cccc(Cl)c3Cl)n2)c(OC)c1. The fraction of sp³-hybridized carbons (Fsp3) is 0.118. The number of halogens is 2. The quantitative estimate of drug-likeness (QED) is 0.630. The van der Waals surface area contributed by atoms with Crippen molar-refractivity contribution in [1.29, 1.82) is 0 Å². The molecule has 0 fully saturated rings. The number of anilines is 4. The predicted molar refractivity (Wildman–Crippen MR) is 102 cm³/mol. The molecule has 0 aliphatic rings. The maximum absolute atomic E-state index is 6.18. The Hall–Kier alpha value is -2.77. The molecule has 134 valence electrons. The Bertz CT molecular complexity index is 923. The molecule has 0 saturated carbocycles. The molecule has 0 aliphatic carbocycles. The molecule has 7 nitrogen and oxygen atoms in total. The lowest BCUT2D eigenvalue weighted by molar-refractivity contribution is 0.395. The van der Waals surface area contributed by atoms with Crippen LogP contribution in [-0.2, 0) is 0 Å². The highest BCUT2D eigenvalue weighted by Gasteiger charge is 2.09. The number of hydrogen-bond acceptors (Lipinski definition) is 7. The van der Waals surface area contributed by atoms with Gasteiger partial charge in [-0.05, 0) is 24.3 Å². The van der Waals surface area contributed by atoms with Gasteiger partial charge in [0.05, 0.1) is 41.8 Å². The van der Waals surface area contributed by atoms with Crippen molar-refractivity contribution in [3.05, 3.63) is 52.6 Å². The lowest BCUT2D eigenvalue weighted by Gasteiger charge is -2.12.